The number of hydrogen-bond donors (Lipinski definition) is 0. The molecule has 146 valence electrons. The van der Waals surface area contributed by atoms with E-state index in [1.54, 1.807) is 9.80 Å². The van der Waals surface area contributed by atoms with Crippen LogP contribution in [0.25, 0.3) is 0 Å². The highest BCUT2D eigenvalue weighted by molar-refractivity contribution is 5.92. The Morgan fingerprint density at radius 2 is 1.96 bits per heavy atom. The van der Waals surface area contributed by atoms with Crippen molar-refractivity contribution < 1.29 is 28.6 Å². The predicted molar refractivity (Wildman–Crippen MR) is 91.6 cm³/mol. The van der Waals surface area contributed by atoms with Crippen LogP contribution in [0.4, 0.5) is 4.79 Å². The molecule has 3 rings (SSSR count). The summed E-state index contributed by atoms with van der Waals surface area (Å²) in [5.74, 6) is -0.0287. The summed E-state index contributed by atoms with van der Waals surface area (Å²) in [6, 6.07) is -0.405. The third-order valence-electron chi connectivity index (χ3n) is 5.34. The standard InChI is InChI=1S/C18H28N2O6/c1-18(2,4-8-25-17(23)19-6-9-24-10-7-19)11-15(22)20-5-3-14-16(20)13(21)12-26-14/h14,16H,3-12H2,1-2H3. The van der Waals surface area contributed by atoms with Crippen molar-refractivity contribution in [1.82, 2.24) is 9.80 Å². The van der Waals surface area contributed by atoms with Gasteiger partial charge in [-0.15, -0.1) is 0 Å². The number of ether oxygens (including phenoxy) is 3. The van der Waals surface area contributed by atoms with E-state index in [1.165, 1.54) is 0 Å². The summed E-state index contributed by atoms with van der Waals surface area (Å²) >= 11 is 0. The predicted octanol–water partition coefficient (Wildman–Crippen LogP) is 0.830. The number of ketones is 1. The van der Waals surface area contributed by atoms with Crippen molar-refractivity contribution in [3.63, 3.8) is 0 Å². The average Bonchev–Trinajstić information content (AvgIpc) is 3.18. The van der Waals surface area contributed by atoms with Gasteiger partial charge < -0.3 is 24.0 Å². The monoisotopic (exact) mass is 368 g/mol. The molecule has 8 nitrogen and oxygen atoms in total. The molecule has 0 aromatic carbocycles. The molecule has 3 aliphatic heterocycles. The van der Waals surface area contributed by atoms with Crippen molar-refractivity contribution in [1.29, 1.82) is 0 Å². The van der Waals surface area contributed by atoms with Crippen molar-refractivity contribution in [2.24, 2.45) is 5.41 Å². The lowest BCUT2D eigenvalue weighted by Gasteiger charge is -2.30. The lowest BCUT2D eigenvalue weighted by Crippen LogP contribution is -2.43. The first-order valence-electron chi connectivity index (χ1n) is 9.31. The minimum absolute atomic E-state index is 0.00176. The van der Waals surface area contributed by atoms with Crippen LogP contribution in [0.2, 0.25) is 0 Å². The zero-order valence-electron chi connectivity index (χ0n) is 15.6. The Hall–Kier alpha value is -1.67. The van der Waals surface area contributed by atoms with Crippen LogP contribution in [0.5, 0.6) is 0 Å². The van der Waals surface area contributed by atoms with Gasteiger partial charge in [0.2, 0.25) is 5.91 Å². The molecular weight excluding hydrogens is 340 g/mol. The lowest BCUT2D eigenvalue weighted by atomic mass is 9.85. The Morgan fingerprint density at radius 1 is 1.23 bits per heavy atom. The highest BCUT2D eigenvalue weighted by atomic mass is 16.6. The number of rotatable bonds is 5. The number of hydrogen-bond acceptors (Lipinski definition) is 6. The van der Waals surface area contributed by atoms with E-state index in [4.69, 9.17) is 14.2 Å². The van der Waals surface area contributed by atoms with Crippen LogP contribution in [0.1, 0.15) is 33.1 Å². The molecule has 3 saturated heterocycles. The van der Waals surface area contributed by atoms with Crippen LogP contribution in [0, 0.1) is 5.41 Å². The van der Waals surface area contributed by atoms with E-state index in [1.807, 2.05) is 13.8 Å². The van der Waals surface area contributed by atoms with Crippen molar-refractivity contribution in [2.75, 3.05) is 46.1 Å². The van der Waals surface area contributed by atoms with Gasteiger partial charge in [-0.3, -0.25) is 9.59 Å². The molecule has 8 heteroatoms. The maximum absolute atomic E-state index is 12.7. The van der Waals surface area contributed by atoms with Gasteiger partial charge in [-0.25, -0.2) is 4.79 Å². The van der Waals surface area contributed by atoms with Gasteiger partial charge in [0, 0.05) is 26.1 Å². The molecule has 0 aromatic rings. The topological polar surface area (TPSA) is 85.4 Å². The number of amides is 2. The second kappa shape index (κ2) is 7.92. The zero-order chi connectivity index (χ0) is 18.7. The van der Waals surface area contributed by atoms with E-state index in [0.29, 0.717) is 45.7 Å². The van der Waals surface area contributed by atoms with Crippen LogP contribution < -0.4 is 0 Å². The first kappa shape index (κ1) is 19.1. The number of carbonyl (C=O) groups excluding carboxylic acids is 3. The highest BCUT2D eigenvalue weighted by Crippen LogP contribution is 2.31. The minimum atomic E-state index is -0.405. The number of fused-ring (bicyclic) bond motifs is 1. The molecule has 0 radical (unpaired) electrons. The average molecular weight is 368 g/mol. The van der Waals surface area contributed by atoms with Crippen LogP contribution in [-0.4, -0.2) is 85.8 Å². The SMILES string of the molecule is CC(C)(CCOC(=O)N1CCOCC1)CC(=O)N1CCC2OCC(=O)C21. The maximum Gasteiger partial charge on any atom is 0.409 e. The summed E-state index contributed by atoms with van der Waals surface area (Å²) in [6.45, 7) is 7.09. The van der Waals surface area contributed by atoms with Crippen molar-refractivity contribution in [2.45, 2.75) is 45.3 Å². The van der Waals surface area contributed by atoms with Crippen molar-refractivity contribution >= 4 is 17.8 Å². The Morgan fingerprint density at radius 3 is 2.69 bits per heavy atom. The number of carbonyl (C=O) groups is 3. The molecule has 0 saturated carbocycles. The fraction of sp³-hybridized carbons (Fsp3) is 0.833. The number of morpholine rings is 1. The molecular formula is C18H28N2O6. The lowest BCUT2D eigenvalue weighted by molar-refractivity contribution is -0.138. The van der Waals surface area contributed by atoms with Gasteiger partial charge in [-0.2, -0.15) is 0 Å². The number of likely N-dealkylation sites (tertiary alicyclic amines) is 1. The molecule has 26 heavy (non-hydrogen) atoms. The summed E-state index contributed by atoms with van der Waals surface area (Å²) in [4.78, 5) is 39.9. The second-order valence-electron chi connectivity index (χ2n) is 7.94. The largest absolute Gasteiger partial charge is 0.449 e. The van der Waals surface area contributed by atoms with Gasteiger partial charge in [0.25, 0.3) is 0 Å². The van der Waals surface area contributed by atoms with Crippen molar-refractivity contribution in [3.05, 3.63) is 0 Å². The number of Topliss-reactive ketones (excluding diaryl/α,β-unsaturated/α-hetero) is 1. The molecule has 3 aliphatic rings. The van der Waals surface area contributed by atoms with E-state index >= 15 is 0 Å². The Bertz CT molecular complexity index is 558. The second-order valence-corrected chi connectivity index (χ2v) is 7.94. The molecule has 0 bridgehead atoms. The van der Waals surface area contributed by atoms with Gasteiger partial charge in [-0.05, 0) is 18.3 Å². The van der Waals surface area contributed by atoms with E-state index in [9.17, 15) is 14.4 Å². The first-order chi connectivity index (χ1) is 12.4. The first-order valence-corrected chi connectivity index (χ1v) is 9.31. The number of nitrogens with zero attached hydrogens (tertiary/aromatic N) is 2. The van der Waals surface area contributed by atoms with Gasteiger partial charge in [0.05, 0.1) is 25.9 Å². The molecule has 2 unspecified atom stereocenters. The summed E-state index contributed by atoms with van der Waals surface area (Å²) in [7, 11) is 0. The Balaban J connectivity index is 1.44. The molecule has 0 aromatic heterocycles. The molecule has 2 amide bonds. The van der Waals surface area contributed by atoms with E-state index in [0.717, 1.165) is 6.42 Å². The van der Waals surface area contributed by atoms with Crippen molar-refractivity contribution in [3.8, 4) is 0 Å². The zero-order valence-corrected chi connectivity index (χ0v) is 15.6. The third kappa shape index (κ3) is 4.35. The summed E-state index contributed by atoms with van der Waals surface area (Å²) < 4.78 is 16.0. The fourth-order valence-electron chi connectivity index (χ4n) is 3.73. The van der Waals surface area contributed by atoms with Crippen LogP contribution >= 0.6 is 0 Å². The molecule has 2 atom stereocenters. The van der Waals surface area contributed by atoms with Crippen LogP contribution in [0.3, 0.4) is 0 Å². The van der Waals surface area contributed by atoms with Gasteiger partial charge in [0.1, 0.15) is 12.6 Å². The molecule has 3 fully saturated rings. The Kier molecular flexibility index (Phi) is 5.82. The quantitative estimate of drug-likeness (QED) is 0.715. The molecule has 0 N–H and O–H groups in total. The van der Waals surface area contributed by atoms with Crippen LogP contribution in [-0.2, 0) is 23.8 Å². The summed E-state index contributed by atoms with van der Waals surface area (Å²) in [5, 5.41) is 0. The van der Waals surface area contributed by atoms with E-state index in [2.05, 4.69) is 0 Å². The van der Waals surface area contributed by atoms with Crippen LogP contribution in [0.15, 0.2) is 0 Å². The maximum atomic E-state index is 12.7. The molecule has 3 heterocycles. The summed E-state index contributed by atoms with van der Waals surface area (Å²) in [6.07, 6.45) is 1.16. The van der Waals surface area contributed by atoms with Gasteiger partial charge in [0.15, 0.2) is 5.78 Å². The smallest absolute Gasteiger partial charge is 0.409 e. The summed E-state index contributed by atoms with van der Waals surface area (Å²) in [5.41, 5.74) is -0.316. The Labute approximate surface area is 153 Å². The normalized spacial score (nSPS) is 26.2. The van der Waals surface area contributed by atoms with Gasteiger partial charge >= 0.3 is 6.09 Å². The fourth-order valence-corrected chi connectivity index (χ4v) is 3.73. The highest BCUT2D eigenvalue weighted by Gasteiger charge is 2.47. The minimum Gasteiger partial charge on any atom is -0.449 e. The molecule has 0 aliphatic carbocycles. The molecule has 0 spiro atoms. The third-order valence-corrected chi connectivity index (χ3v) is 5.34. The van der Waals surface area contributed by atoms with E-state index < -0.39 is 6.04 Å². The van der Waals surface area contributed by atoms with Gasteiger partial charge in [-0.1, -0.05) is 13.8 Å². The van der Waals surface area contributed by atoms with E-state index in [-0.39, 0.29) is 42.5 Å².